The van der Waals surface area contributed by atoms with Gasteiger partial charge in [0.15, 0.2) is 0 Å². The molecule has 1 aliphatic heterocycles. The summed E-state index contributed by atoms with van der Waals surface area (Å²) in [7, 11) is 1.74. The zero-order chi connectivity index (χ0) is 26.1. The molecule has 4 aromatic rings. The third-order valence-electron chi connectivity index (χ3n) is 6.22. The number of fused-ring (bicyclic) bond motifs is 1. The smallest absolute Gasteiger partial charge is 0.336 e. The van der Waals surface area contributed by atoms with Gasteiger partial charge in [0, 0.05) is 48.7 Å². The number of carboxylic acids is 1. The van der Waals surface area contributed by atoms with E-state index in [1.165, 1.54) is 11.0 Å². The van der Waals surface area contributed by atoms with E-state index in [1.807, 2.05) is 6.07 Å². The molecule has 1 atom stereocenters. The number of aromatic carboxylic acids is 1. The predicted molar refractivity (Wildman–Crippen MR) is 137 cm³/mol. The van der Waals surface area contributed by atoms with Crippen LogP contribution < -0.4 is 5.32 Å². The highest BCUT2D eigenvalue weighted by Gasteiger charge is 2.36. The summed E-state index contributed by atoms with van der Waals surface area (Å²) >= 11 is 6.13. The van der Waals surface area contributed by atoms with E-state index in [0.717, 1.165) is 0 Å². The lowest BCUT2D eigenvalue weighted by Gasteiger charge is -2.29. The topological polar surface area (TPSA) is 117 Å². The van der Waals surface area contributed by atoms with Gasteiger partial charge in [-0.25, -0.2) is 4.79 Å². The van der Waals surface area contributed by atoms with Crippen LogP contribution in [-0.2, 0) is 24.8 Å². The number of aryl methyl sites for hydroxylation is 1. The summed E-state index contributed by atoms with van der Waals surface area (Å²) in [5.41, 5.74) is 3.19. The van der Waals surface area contributed by atoms with E-state index in [-0.39, 0.29) is 30.3 Å². The first kappa shape index (κ1) is 24.2. The summed E-state index contributed by atoms with van der Waals surface area (Å²) in [5, 5.41) is 17.1. The Morgan fingerprint density at radius 1 is 1.11 bits per heavy atom. The van der Waals surface area contributed by atoms with Crippen LogP contribution in [0.15, 0.2) is 73.2 Å². The molecule has 2 amide bonds. The summed E-state index contributed by atoms with van der Waals surface area (Å²) < 4.78 is 1.58. The molecule has 10 heteroatoms. The fourth-order valence-corrected chi connectivity index (χ4v) is 4.61. The first-order valence-electron chi connectivity index (χ1n) is 11.5. The van der Waals surface area contributed by atoms with Crippen LogP contribution in [0.25, 0.3) is 11.1 Å². The minimum atomic E-state index is -1.07. The van der Waals surface area contributed by atoms with Gasteiger partial charge in [-0.2, -0.15) is 5.10 Å². The van der Waals surface area contributed by atoms with E-state index in [2.05, 4.69) is 15.4 Å². The second kappa shape index (κ2) is 9.87. The number of halogens is 1. The maximum absolute atomic E-state index is 13.8. The minimum absolute atomic E-state index is 0.0684. The average Bonchev–Trinajstić information content (AvgIpc) is 3.29. The van der Waals surface area contributed by atoms with Crippen LogP contribution in [0.3, 0.4) is 0 Å². The highest BCUT2D eigenvalue weighted by Crippen LogP contribution is 2.30. The number of pyridine rings is 1. The van der Waals surface area contributed by atoms with Gasteiger partial charge in [-0.15, -0.1) is 0 Å². The molecule has 2 aromatic carbocycles. The van der Waals surface area contributed by atoms with Gasteiger partial charge < -0.3 is 15.3 Å². The molecule has 0 spiro atoms. The quantitative estimate of drug-likeness (QED) is 0.400. The predicted octanol–water partition coefficient (Wildman–Crippen LogP) is 4.04. The van der Waals surface area contributed by atoms with Crippen molar-refractivity contribution in [2.45, 2.75) is 19.0 Å². The number of anilines is 1. The molecule has 1 unspecified atom stereocenters. The lowest BCUT2D eigenvalue weighted by Crippen LogP contribution is -2.46. The number of hydrogen-bond acceptors (Lipinski definition) is 5. The zero-order valence-corrected chi connectivity index (χ0v) is 20.5. The number of aromatic nitrogens is 3. The number of benzene rings is 2. The molecular weight excluding hydrogens is 494 g/mol. The summed E-state index contributed by atoms with van der Waals surface area (Å²) in [4.78, 5) is 44.9. The molecule has 0 radical (unpaired) electrons. The van der Waals surface area contributed by atoms with Crippen molar-refractivity contribution in [1.29, 1.82) is 0 Å². The molecule has 37 heavy (non-hydrogen) atoms. The Kier molecular flexibility index (Phi) is 6.45. The molecule has 0 aliphatic carbocycles. The van der Waals surface area contributed by atoms with Crippen LogP contribution in [0.5, 0.6) is 0 Å². The summed E-state index contributed by atoms with van der Waals surface area (Å²) in [6.07, 6.45) is 5.14. The Morgan fingerprint density at radius 2 is 1.95 bits per heavy atom. The molecule has 9 nitrogen and oxygen atoms in total. The van der Waals surface area contributed by atoms with Gasteiger partial charge in [-0.3, -0.25) is 19.3 Å². The van der Waals surface area contributed by atoms with E-state index in [1.54, 1.807) is 72.8 Å². The van der Waals surface area contributed by atoms with E-state index >= 15 is 0 Å². The van der Waals surface area contributed by atoms with Crippen molar-refractivity contribution in [3.05, 3.63) is 101 Å². The molecule has 3 heterocycles. The van der Waals surface area contributed by atoms with Crippen molar-refractivity contribution in [3.8, 4) is 11.1 Å². The van der Waals surface area contributed by atoms with E-state index in [9.17, 15) is 19.5 Å². The van der Waals surface area contributed by atoms with Crippen LogP contribution >= 0.6 is 11.6 Å². The molecule has 0 saturated heterocycles. The second-order valence-electron chi connectivity index (χ2n) is 8.74. The fraction of sp³-hybridized carbons (Fsp3) is 0.148. The number of nitrogens with one attached hydrogen (secondary N) is 1. The van der Waals surface area contributed by atoms with Crippen molar-refractivity contribution >= 4 is 35.1 Å². The molecule has 2 N–H and O–H groups in total. The standard InChI is InChI=1S/C27H22ClN5O4/c1-32-15-17(13-30-32)22-10-16(5-7-20(22)27(36)37)14-33-24(12-19-4-2-3-9-29-19)25(34)31-23-11-18(28)6-8-21(23)26(33)35/h2-11,13,15,24H,12,14H2,1H3,(H,31,34)(H,36,37). The van der Waals surface area contributed by atoms with Gasteiger partial charge in [0.2, 0.25) is 5.91 Å². The molecule has 0 fully saturated rings. The van der Waals surface area contributed by atoms with Gasteiger partial charge in [0.25, 0.3) is 5.91 Å². The third kappa shape index (κ3) is 4.94. The van der Waals surface area contributed by atoms with Crippen LogP contribution in [0.4, 0.5) is 5.69 Å². The van der Waals surface area contributed by atoms with E-state index in [0.29, 0.717) is 38.7 Å². The molecule has 5 rings (SSSR count). The van der Waals surface area contributed by atoms with Gasteiger partial charge in [-0.1, -0.05) is 23.7 Å². The van der Waals surface area contributed by atoms with Crippen molar-refractivity contribution in [3.63, 3.8) is 0 Å². The first-order chi connectivity index (χ1) is 17.8. The summed E-state index contributed by atoms with van der Waals surface area (Å²) in [6.45, 7) is 0.0684. The van der Waals surface area contributed by atoms with E-state index < -0.39 is 12.0 Å². The fourth-order valence-electron chi connectivity index (χ4n) is 4.43. The van der Waals surface area contributed by atoms with Crippen molar-refractivity contribution in [2.75, 3.05) is 5.32 Å². The Morgan fingerprint density at radius 3 is 2.65 bits per heavy atom. The minimum Gasteiger partial charge on any atom is -0.478 e. The maximum atomic E-state index is 13.8. The molecule has 1 aliphatic rings. The van der Waals surface area contributed by atoms with Crippen LogP contribution in [0.1, 0.15) is 32.0 Å². The molecule has 2 aromatic heterocycles. The molecule has 0 bridgehead atoms. The number of hydrogen-bond donors (Lipinski definition) is 2. The Hall–Kier alpha value is -4.50. The number of carboxylic acid groups (broad SMARTS) is 1. The highest BCUT2D eigenvalue weighted by molar-refractivity contribution is 6.31. The largest absolute Gasteiger partial charge is 0.478 e. The van der Waals surface area contributed by atoms with E-state index in [4.69, 9.17) is 11.6 Å². The summed E-state index contributed by atoms with van der Waals surface area (Å²) in [6, 6.07) is 14.2. The van der Waals surface area contributed by atoms with Crippen molar-refractivity contribution in [2.24, 2.45) is 7.05 Å². The van der Waals surface area contributed by atoms with Crippen LogP contribution in [-0.4, -0.2) is 48.6 Å². The summed E-state index contributed by atoms with van der Waals surface area (Å²) in [5.74, 6) is -1.79. The number of carbonyl (C=O) groups is 3. The number of carbonyl (C=O) groups excluding carboxylic acids is 2. The second-order valence-corrected chi connectivity index (χ2v) is 9.18. The molecule has 0 saturated carbocycles. The Labute approximate surface area is 217 Å². The zero-order valence-electron chi connectivity index (χ0n) is 19.8. The SMILES string of the molecule is Cn1cc(-c2cc(CN3C(=O)c4ccc(Cl)cc4NC(=O)C3Cc3ccccn3)ccc2C(=O)O)cn1. The van der Waals surface area contributed by atoms with Gasteiger partial charge in [-0.05, 0) is 53.6 Å². The molecule has 186 valence electrons. The number of amides is 2. The highest BCUT2D eigenvalue weighted by atomic mass is 35.5. The molecular formula is C27H22ClN5O4. The first-order valence-corrected chi connectivity index (χ1v) is 11.8. The normalized spacial score (nSPS) is 15.2. The number of rotatable bonds is 6. The average molecular weight is 516 g/mol. The van der Waals surface area contributed by atoms with Crippen molar-refractivity contribution < 1.29 is 19.5 Å². The lowest BCUT2D eigenvalue weighted by atomic mass is 9.98. The van der Waals surface area contributed by atoms with Gasteiger partial charge in [0.05, 0.1) is 23.0 Å². The van der Waals surface area contributed by atoms with Crippen LogP contribution in [0, 0.1) is 0 Å². The third-order valence-corrected chi connectivity index (χ3v) is 6.46. The van der Waals surface area contributed by atoms with Crippen LogP contribution in [0.2, 0.25) is 5.02 Å². The van der Waals surface area contributed by atoms with Gasteiger partial charge in [0.1, 0.15) is 6.04 Å². The lowest BCUT2D eigenvalue weighted by molar-refractivity contribution is -0.120. The maximum Gasteiger partial charge on any atom is 0.336 e. The Bertz CT molecular complexity index is 1520. The van der Waals surface area contributed by atoms with Crippen molar-refractivity contribution in [1.82, 2.24) is 19.7 Å². The van der Waals surface area contributed by atoms with Gasteiger partial charge >= 0.3 is 5.97 Å². The monoisotopic (exact) mass is 515 g/mol. The Balaban J connectivity index is 1.58. The number of nitrogens with zero attached hydrogens (tertiary/aromatic N) is 4.